The summed E-state index contributed by atoms with van der Waals surface area (Å²) in [6.45, 7) is 2.75. The molecule has 54 valence electrons. The molecule has 0 aliphatic heterocycles. The number of rotatable bonds is 3. The molecular formula is C6H9F3. The van der Waals surface area contributed by atoms with Crippen LogP contribution in [0.5, 0.6) is 0 Å². The van der Waals surface area contributed by atoms with Gasteiger partial charge < -0.3 is 0 Å². The molecule has 0 N–H and O–H groups in total. The zero-order chi connectivity index (χ0) is 7.49. The predicted molar refractivity (Wildman–Crippen MR) is 30.3 cm³/mol. The Labute approximate surface area is 52.4 Å². The fraction of sp³-hybridized carbons (Fsp3) is 0.667. The molecule has 0 aliphatic rings. The van der Waals surface area contributed by atoms with Crippen molar-refractivity contribution in [2.45, 2.75) is 12.8 Å². The van der Waals surface area contributed by atoms with Crippen molar-refractivity contribution >= 4 is 0 Å². The zero-order valence-corrected chi connectivity index (χ0v) is 5.20. The number of hydrogen-bond donors (Lipinski definition) is 0. The molecule has 1 atom stereocenters. The first kappa shape index (κ1) is 8.53. The summed E-state index contributed by atoms with van der Waals surface area (Å²) in [5, 5.41) is 0. The van der Waals surface area contributed by atoms with E-state index in [1.165, 1.54) is 6.92 Å². The molecule has 0 aromatic rings. The van der Waals surface area contributed by atoms with E-state index in [2.05, 4.69) is 6.58 Å². The summed E-state index contributed by atoms with van der Waals surface area (Å²) in [5.74, 6) is -4.32. The van der Waals surface area contributed by atoms with Crippen molar-refractivity contribution in [3.63, 3.8) is 0 Å². The summed E-state index contributed by atoms with van der Waals surface area (Å²) in [4.78, 5) is 0. The average molecular weight is 138 g/mol. The van der Waals surface area contributed by atoms with Gasteiger partial charge in [0.15, 0.2) is 6.67 Å². The van der Waals surface area contributed by atoms with Crippen LogP contribution in [0.15, 0.2) is 12.7 Å². The fourth-order valence-electron chi connectivity index (χ4n) is 0.294. The Morgan fingerprint density at radius 3 is 2.22 bits per heavy atom. The van der Waals surface area contributed by atoms with Crippen LogP contribution in [0.3, 0.4) is 0 Å². The summed E-state index contributed by atoms with van der Waals surface area (Å²) in [6, 6.07) is 0. The van der Waals surface area contributed by atoms with Gasteiger partial charge in [-0.25, -0.2) is 13.2 Å². The predicted octanol–water partition coefficient (Wildman–Crippen LogP) is 2.41. The number of alkyl halides is 3. The van der Waals surface area contributed by atoms with Crippen LogP contribution in [0.25, 0.3) is 0 Å². The topological polar surface area (TPSA) is 0 Å². The highest BCUT2D eigenvalue weighted by molar-refractivity contribution is 4.86. The number of allylic oxidation sites excluding steroid dienone is 1. The van der Waals surface area contributed by atoms with E-state index in [1.807, 2.05) is 0 Å². The maximum absolute atomic E-state index is 12.1. The summed E-state index contributed by atoms with van der Waals surface area (Å²) < 4.78 is 35.6. The molecule has 0 amide bonds. The van der Waals surface area contributed by atoms with Crippen molar-refractivity contribution in [3.8, 4) is 0 Å². The van der Waals surface area contributed by atoms with Crippen LogP contribution in [-0.4, -0.2) is 12.6 Å². The molecule has 0 saturated carbocycles. The van der Waals surface area contributed by atoms with Crippen LogP contribution in [0.4, 0.5) is 13.2 Å². The van der Waals surface area contributed by atoms with E-state index in [0.717, 1.165) is 6.08 Å². The van der Waals surface area contributed by atoms with Gasteiger partial charge in [-0.2, -0.15) is 0 Å². The van der Waals surface area contributed by atoms with E-state index in [-0.39, 0.29) is 0 Å². The van der Waals surface area contributed by atoms with Crippen LogP contribution >= 0.6 is 0 Å². The van der Waals surface area contributed by atoms with Crippen LogP contribution in [-0.2, 0) is 0 Å². The van der Waals surface area contributed by atoms with Crippen molar-refractivity contribution in [1.29, 1.82) is 0 Å². The van der Waals surface area contributed by atoms with Crippen molar-refractivity contribution in [1.82, 2.24) is 0 Å². The lowest BCUT2D eigenvalue weighted by Gasteiger charge is -2.15. The largest absolute Gasteiger partial charge is 0.281 e. The maximum atomic E-state index is 12.1. The molecule has 0 nitrogen and oxygen atoms in total. The Kier molecular flexibility index (Phi) is 2.74. The molecule has 3 heteroatoms. The third-order valence-corrected chi connectivity index (χ3v) is 1.20. The van der Waals surface area contributed by atoms with Crippen molar-refractivity contribution in [3.05, 3.63) is 12.7 Å². The minimum absolute atomic E-state index is 1.04. The molecule has 0 aromatic heterocycles. The van der Waals surface area contributed by atoms with Crippen LogP contribution in [0.1, 0.15) is 6.92 Å². The Morgan fingerprint density at radius 1 is 1.67 bits per heavy atom. The molecule has 9 heavy (non-hydrogen) atoms. The molecule has 0 saturated heterocycles. The van der Waals surface area contributed by atoms with Gasteiger partial charge in [-0.3, -0.25) is 0 Å². The van der Waals surface area contributed by atoms with E-state index in [4.69, 9.17) is 0 Å². The van der Waals surface area contributed by atoms with Gasteiger partial charge in [0, 0.05) is 5.92 Å². The second kappa shape index (κ2) is 2.90. The van der Waals surface area contributed by atoms with Crippen LogP contribution < -0.4 is 0 Å². The molecular weight excluding hydrogens is 129 g/mol. The van der Waals surface area contributed by atoms with Gasteiger partial charge >= 0.3 is 0 Å². The van der Waals surface area contributed by atoms with Gasteiger partial charge in [0.05, 0.1) is 0 Å². The lowest BCUT2D eigenvalue weighted by atomic mass is 10.1. The molecule has 0 radical (unpaired) electrons. The Bertz CT molecular complexity index is 98.5. The maximum Gasteiger partial charge on any atom is 0.281 e. The Morgan fingerprint density at radius 2 is 2.11 bits per heavy atom. The first-order valence-electron chi connectivity index (χ1n) is 2.61. The molecule has 0 bridgehead atoms. The smallest absolute Gasteiger partial charge is 0.244 e. The third-order valence-electron chi connectivity index (χ3n) is 1.20. The first-order chi connectivity index (χ1) is 4.04. The van der Waals surface area contributed by atoms with E-state index in [9.17, 15) is 13.2 Å². The second-order valence-electron chi connectivity index (χ2n) is 1.92. The monoisotopic (exact) mass is 138 g/mol. The number of halogens is 3. The Hall–Kier alpha value is -0.470. The zero-order valence-electron chi connectivity index (χ0n) is 5.20. The molecule has 0 aliphatic carbocycles. The summed E-state index contributed by atoms with van der Waals surface area (Å²) in [7, 11) is 0. The second-order valence-corrected chi connectivity index (χ2v) is 1.92. The third kappa shape index (κ3) is 2.08. The minimum Gasteiger partial charge on any atom is -0.244 e. The highest BCUT2D eigenvalue weighted by atomic mass is 19.3. The van der Waals surface area contributed by atoms with Crippen LogP contribution in [0, 0.1) is 5.92 Å². The highest BCUT2D eigenvalue weighted by Crippen LogP contribution is 2.24. The molecule has 0 fully saturated rings. The van der Waals surface area contributed by atoms with Gasteiger partial charge in [0.1, 0.15) is 0 Å². The van der Waals surface area contributed by atoms with Crippen molar-refractivity contribution in [2.24, 2.45) is 5.92 Å². The van der Waals surface area contributed by atoms with Gasteiger partial charge in [-0.15, -0.1) is 6.58 Å². The van der Waals surface area contributed by atoms with E-state index in [0.29, 0.717) is 0 Å². The fourth-order valence-corrected chi connectivity index (χ4v) is 0.294. The van der Waals surface area contributed by atoms with Gasteiger partial charge in [-0.05, 0) is 0 Å². The first-order valence-corrected chi connectivity index (χ1v) is 2.61. The van der Waals surface area contributed by atoms with E-state index >= 15 is 0 Å². The molecule has 0 aromatic carbocycles. The molecule has 0 rings (SSSR count). The summed E-state index contributed by atoms with van der Waals surface area (Å²) in [5.41, 5.74) is 0. The van der Waals surface area contributed by atoms with Gasteiger partial charge in [-0.1, -0.05) is 13.0 Å². The van der Waals surface area contributed by atoms with Crippen molar-refractivity contribution in [2.75, 3.05) is 6.67 Å². The highest BCUT2D eigenvalue weighted by Gasteiger charge is 2.34. The Balaban J connectivity index is 3.95. The molecule has 1 unspecified atom stereocenters. The normalized spacial score (nSPS) is 15.1. The lowest BCUT2D eigenvalue weighted by Crippen LogP contribution is -2.26. The van der Waals surface area contributed by atoms with E-state index in [1.54, 1.807) is 0 Å². The minimum atomic E-state index is -3.23. The van der Waals surface area contributed by atoms with Crippen molar-refractivity contribution < 1.29 is 13.2 Å². The quantitative estimate of drug-likeness (QED) is 0.525. The lowest BCUT2D eigenvalue weighted by molar-refractivity contribution is -0.0540. The standard InChI is InChI=1S/C6H9F3/c1-3-5(2)6(8,9)4-7/h3,5H,1,4H2,2H3. The number of hydrogen-bond acceptors (Lipinski definition) is 0. The SMILES string of the molecule is C=CC(C)C(F)(F)CF. The summed E-state index contributed by atoms with van der Waals surface area (Å²) in [6.07, 6.45) is 1.04. The molecule has 0 heterocycles. The average Bonchev–Trinajstić information content (AvgIpc) is 1.86. The van der Waals surface area contributed by atoms with E-state index < -0.39 is 18.5 Å². The van der Waals surface area contributed by atoms with Gasteiger partial charge in [0.25, 0.3) is 5.92 Å². The molecule has 0 spiro atoms. The van der Waals surface area contributed by atoms with Crippen LogP contribution in [0.2, 0.25) is 0 Å². The van der Waals surface area contributed by atoms with Gasteiger partial charge in [0.2, 0.25) is 0 Å². The summed E-state index contributed by atoms with van der Waals surface area (Å²) >= 11 is 0.